The van der Waals surface area contributed by atoms with Gasteiger partial charge in [-0.25, -0.2) is 0 Å². The van der Waals surface area contributed by atoms with Gasteiger partial charge in [-0.15, -0.1) is 0 Å². The topological polar surface area (TPSA) is 93.2 Å². The van der Waals surface area contributed by atoms with E-state index in [1.54, 1.807) is 6.20 Å². The second-order valence-corrected chi connectivity index (χ2v) is 6.24. The van der Waals surface area contributed by atoms with Gasteiger partial charge in [-0.05, 0) is 31.7 Å². The van der Waals surface area contributed by atoms with Crippen LogP contribution in [-0.2, 0) is 17.8 Å². The predicted molar refractivity (Wildman–Crippen MR) is 82.4 cm³/mol. The number of carbonyl (C=O) groups is 1. The van der Waals surface area contributed by atoms with Crippen LogP contribution >= 0.6 is 0 Å². The Morgan fingerprint density at radius 2 is 2.39 bits per heavy atom. The van der Waals surface area contributed by atoms with Crippen molar-refractivity contribution < 1.29 is 14.4 Å². The van der Waals surface area contributed by atoms with E-state index in [4.69, 9.17) is 4.52 Å². The molecule has 0 bridgehead atoms. The Balaban J connectivity index is 1.44. The Hall–Kier alpha value is -2.15. The highest BCUT2D eigenvalue weighted by molar-refractivity contribution is 5.76. The predicted octanol–water partition coefficient (Wildman–Crippen LogP) is 1.07. The van der Waals surface area contributed by atoms with Crippen LogP contribution < -0.4 is 5.32 Å². The van der Waals surface area contributed by atoms with Crippen molar-refractivity contribution in [1.29, 1.82) is 0 Å². The van der Waals surface area contributed by atoms with Gasteiger partial charge in [0.05, 0.1) is 17.8 Å². The third-order valence-corrected chi connectivity index (χ3v) is 4.25. The number of hydrogen-bond acceptors (Lipinski definition) is 5. The van der Waals surface area contributed by atoms with Crippen molar-refractivity contribution in [2.24, 2.45) is 5.92 Å². The van der Waals surface area contributed by atoms with Crippen LogP contribution in [0.5, 0.6) is 0 Å². The van der Waals surface area contributed by atoms with Crippen molar-refractivity contribution in [3.8, 4) is 0 Å². The number of aryl methyl sites for hydroxylation is 2. The molecule has 2 heterocycles. The van der Waals surface area contributed by atoms with Gasteiger partial charge in [0.15, 0.2) is 0 Å². The average molecular weight is 318 g/mol. The molecule has 0 saturated heterocycles. The first kappa shape index (κ1) is 15.7. The van der Waals surface area contributed by atoms with E-state index >= 15 is 0 Å². The van der Waals surface area contributed by atoms with Crippen molar-refractivity contribution in [2.75, 3.05) is 0 Å². The fourth-order valence-corrected chi connectivity index (χ4v) is 3.15. The summed E-state index contributed by atoms with van der Waals surface area (Å²) in [6, 6.07) is 3.53. The Kier molecular flexibility index (Phi) is 4.76. The zero-order valence-corrected chi connectivity index (χ0v) is 13.2. The Bertz CT molecular complexity index is 638. The summed E-state index contributed by atoms with van der Waals surface area (Å²) < 4.78 is 6.96. The van der Waals surface area contributed by atoms with Gasteiger partial charge in [-0.1, -0.05) is 5.16 Å². The number of nitrogens with zero attached hydrogens (tertiary/aromatic N) is 3. The number of nitrogens with one attached hydrogen (secondary N) is 1. The molecule has 3 atom stereocenters. The normalized spacial score (nSPS) is 24.0. The van der Waals surface area contributed by atoms with Crippen molar-refractivity contribution in [3.05, 3.63) is 36.0 Å². The SMILES string of the molecule is Cc1cc(CCC(=O)N[C@@H]2CC(Cn3cccn3)C[C@H]2O)on1. The largest absolute Gasteiger partial charge is 0.391 e. The number of rotatable bonds is 6. The van der Waals surface area contributed by atoms with E-state index in [1.165, 1.54) is 0 Å². The fraction of sp³-hybridized carbons (Fsp3) is 0.562. The van der Waals surface area contributed by atoms with Gasteiger partial charge in [0, 0.05) is 37.8 Å². The van der Waals surface area contributed by atoms with Crippen LogP contribution in [0.4, 0.5) is 0 Å². The maximum absolute atomic E-state index is 12.0. The summed E-state index contributed by atoms with van der Waals surface area (Å²) >= 11 is 0. The molecule has 1 unspecified atom stereocenters. The summed E-state index contributed by atoms with van der Waals surface area (Å²) in [5, 5.41) is 21.1. The third kappa shape index (κ3) is 4.19. The van der Waals surface area contributed by atoms with Gasteiger partial charge in [0.1, 0.15) is 5.76 Å². The van der Waals surface area contributed by atoms with Crippen molar-refractivity contribution in [2.45, 2.75) is 51.3 Å². The lowest BCUT2D eigenvalue weighted by Gasteiger charge is -2.16. The molecular weight excluding hydrogens is 296 g/mol. The number of carbonyl (C=O) groups excluding carboxylic acids is 1. The molecule has 0 spiro atoms. The molecule has 1 aliphatic rings. The number of amides is 1. The maximum atomic E-state index is 12.0. The average Bonchev–Trinajstić information content (AvgIpc) is 3.22. The highest BCUT2D eigenvalue weighted by atomic mass is 16.5. The van der Waals surface area contributed by atoms with E-state index in [2.05, 4.69) is 15.6 Å². The summed E-state index contributed by atoms with van der Waals surface area (Å²) in [7, 11) is 0. The molecule has 1 saturated carbocycles. The smallest absolute Gasteiger partial charge is 0.220 e. The van der Waals surface area contributed by atoms with Crippen LogP contribution in [-0.4, -0.2) is 38.1 Å². The molecule has 1 aliphatic carbocycles. The van der Waals surface area contributed by atoms with Gasteiger partial charge < -0.3 is 14.9 Å². The lowest BCUT2D eigenvalue weighted by atomic mass is 10.1. The quantitative estimate of drug-likeness (QED) is 0.831. The van der Waals surface area contributed by atoms with E-state index in [1.807, 2.05) is 29.9 Å². The maximum Gasteiger partial charge on any atom is 0.220 e. The first-order chi connectivity index (χ1) is 11.1. The first-order valence-electron chi connectivity index (χ1n) is 7.97. The Morgan fingerprint density at radius 3 is 3.09 bits per heavy atom. The molecule has 1 amide bonds. The van der Waals surface area contributed by atoms with Crippen LogP contribution in [0.3, 0.4) is 0 Å². The van der Waals surface area contributed by atoms with E-state index < -0.39 is 6.10 Å². The van der Waals surface area contributed by atoms with Crippen molar-refractivity contribution in [3.63, 3.8) is 0 Å². The highest BCUT2D eigenvalue weighted by Crippen LogP contribution is 2.27. The summed E-state index contributed by atoms with van der Waals surface area (Å²) in [5.41, 5.74) is 0.813. The zero-order valence-electron chi connectivity index (χ0n) is 13.2. The monoisotopic (exact) mass is 318 g/mol. The standard InChI is InChI=1S/C16H22N4O3/c1-11-7-13(23-19-11)3-4-16(22)18-14-8-12(9-15(14)21)10-20-6-2-5-17-20/h2,5-7,12,14-15,21H,3-4,8-10H2,1H3,(H,18,22)/t12?,14-,15-/m1/s1. The second kappa shape index (κ2) is 6.95. The molecule has 0 radical (unpaired) electrons. The van der Waals surface area contributed by atoms with Gasteiger partial charge in [0.2, 0.25) is 5.91 Å². The molecule has 124 valence electrons. The molecule has 1 fully saturated rings. The van der Waals surface area contributed by atoms with Crippen LogP contribution in [0.15, 0.2) is 29.0 Å². The van der Waals surface area contributed by atoms with Crippen LogP contribution in [0.25, 0.3) is 0 Å². The minimum absolute atomic E-state index is 0.0668. The Labute approximate surface area is 134 Å². The van der Waals surface area contributed by atoms with E-state index in [0.717, 1.165) is 18.7 Å². The summed E-state index contributed by atoms with van der Waals surface area (Å²) in [5.74, 6) is 0.969. The minimum atomic E-state index is -0.493. The van der Waals surface area contributed by atoms with Crippen molar-refractivity contribution in [1.82, 2.24) is 20.3 Å². The molecular formula is C16H22N4O3. The molecule has 2 aromatic heterocycles. The molecule has 2 aromatic rings. The number of hydrogen-bond donors (Lipinski definition) is 2. The molecule has 7 nitrogen and oxygen atoms in total. The molecule has 2 N–H and O–H groups in total. The summed E-state index contributed by atoms with van der Waals surface area (Å²) in [6.45, 7) is 2.62. The zero-order chi connectivity index (χ0) is 16.2. The lowest BCUT2D eigenvalue weighted by Crippen LogP contribution is -2.40. The lowest BCUT2D eigenvalue weighted by molar-refractivity contribution is -0.122. The number of aliphatic hydroxyl groups is 1. The molecule has 23 heavy (non-hydrogen) atoms. The summed E-state index contributed by atoms with van der Waals surface area (Å²) in [6.07, 6.45) is 5.48. The van der Waals surface area contributed by atoms with E-state index in [-0.39, 0.29) is 11.9 Å². The molecule has 0 aromatic carbocycles. The second-order valence-electron chi connectivity index (χ2n) is 6.24. The third-order valence-electron chi connectivity index (χ3n) is 4.25. The van der Waals surface area contributed by atoms with Crippen LogP contribution in [0.1, 0.15) is 30.7 Å². The Morgan fingerprint density at radius 1 is 1.52 bits per heavy atom. The van der Waals surface area contributed by atoms with Crippen molar-refractivity contribution >= 4 is 5.91 Å². The van der Waals surface area contributed by atoms with E-state index in [9.17, 15) is 9.90 Å². The fourth-order valence-electron chi connectivity index (χ4n) is 3.15. The number of aromatic nitrogens is 3. The van der Waals surface area contributed by atoms with Gasteiger partial charge in [-0.3, -0.25) is 9.48 Å². The van der Waals surface area contributed by atoms with Crippen LogP contribution in [0, 0.1) is 12.8 Å². The molecule has 7 heteroatoms. The highest BCUT2D eigenvalue weighted by Gasteiger charge is 2.34. The molecule has 3 rings (SSSR count). The molecule has 0 aliphatic heterocycles. The van der Waals surface area contributed by atoms with Gasteiger partial charge >= 0.3 is 0 Å². The van der Waals surface area contributed by atoms with E-state index in [0.29, 0.717) is 30.9 Å². The van der Waals surface area contributed by atoms with Gasteiger partial charge in [0.25, 0.3) is 0 Å². The first-order valence-corrected chi connectivity index (χ1v) is 7.97. The minimum Gasteiger partial charge on any atom is -0.391 e. The number of aliphatic hydroxyl groups excluding tert-OH is 1. The van der Waals surface area contributed by atoms with Gasteiger partial charge in [-0.2, -0.15) is 5.10 Å². The van der Waals surface area contributed by atoms with Crippen LogP contribution in [0.2, 0.25) is 0 Å². The summed E-state index contributed by atoms with van der Waals surface area (Å²) in [4.78, 5) is 12.0.